The van der Waals surface area contributed by atoms with Gasteiger partial charge in [-0.3, -0.25) is 4.79 Å². The van der Waals surface area contributed by atoms with Crippen molar-refractivity contribution in [3.05, 3.63) is 46.4 Å². The number of hydrogen-bond donors (Lipinski definition) is 2. The zero-order valence-corrected chi connectivity index (χ0v) is 11.2. The average molecular weight is 263 g/mol. The van der Waals surface area contributed by atoms with E-state index in [2.05, 4.69) is 9.97 Å². The van der Waals surface area contributed by atoms with E-state index < -0.39 is 11.5 Å². The number of aromatic carboxylic acids is 1. The van der Waals surface area contributed by atoms with Gasteiger partial charge in [0.05, 0.1) is 12.0 Å². The van der Waals surface area contributed by atoms with Crippen LogP contribution in [0.25, 0.3) is 5.69 Å². The molecular weight excluding hydrogens is 246 g/mol. The van der Waals surface area contributed by atoms with Crippen molar-refractivity contribution in [2.45, 2.75) is 27.2 Å². The van der Waals surface area contributed by atoms with Gasteiger partial charge in [-0.15, -0.1) is 0 Å². The molecule has 0 bridgehead atoms. The van der Waals surface area contributed by atoms with Crippen LogP contribution in [-0.2, 0) is 6.42 Å². The minimum Gasteiger partial charge on any atom is -0.477 e. The number of nitrogens with zero attached hydrogens (tertiary/aromatic N) is 2. The van der Waals surface area contributed by atoms with Crippen molar-refractivity contribution in [2.75, 3.05) is 0 Å². The average Bonchev–Trinajstić information content (AvgIpc) is 2.89. The summed E-state index contributed by atoms with van der Waals surface area (Å²) in [6.07, 6.45) is 4.05. The molecule has 0 atom stereocenters. The standard InChI is InChI=1S/C11H11N3O3.C2H6/c1-2-7-5-14(6-12-7)9-4-3-8(11(16)17)13-10(9)15;1-2/h3-6H,2H2,1H3,(H,13,15)(H,16,17);1-2H3. The first kappa shape index (κ1) is 14.7. The fourth-order valence-electron chi connectivity index (χ4n) is 1.47. The van der Waals surface area contributed by atoms with E-state index >= 15 is 0 Å². The minimum absolute atomic E-state index is 0.130. The number of carbonyl (C=O) groups is 1. The molecule has 0 unspecified atom stereocenters. The number of imidazole rings is 1. The third-order valence-corrected chi connectivity index (χ3v) is 2.40. The second-order valence-corrected chi connectivity index (χ2v) is 3.52. The van der Waals surface area contributed by atoms with Gasteiger partial charge in [0.25, 0.3) is 5.56 Å². The van der Waals surface area contributed by atoms with Gasteiger partial charge in [0.2, 0.25) is 0 Å². The highest BCUT2D eigenvalue weighted by Crippen LogP contribution is 2.04. The van der Waals surface area contributed by atoms with Crippen molar-refractivity contribution < 1.29 is 9.90 Å². The zero-order valence-electron chi connectivity index (χ0n) is 11.2. The van der Waals surface area contributed by atoms with Crippen molar-refractivity contribution in [2.24, 2.45) is 0 Å². The molecule has 0 spiro atoms. The molecule has 0 radical (unpaired) electrons. The Balaban J connectivity index is 0.000000861. The summed E-state index contributed by atoms with van der Waals surface area (Å²) in [6.45, 7) is 5.96. The number of nitrogens with one attached hydrogen (secondary N) is 1. The molecular formula is C13H17N3O3. The Labute approximate surface area is 110 Å². The smallest absolute Gasteiger partial charge is 0.352 e. The molecule has 0 fully saturated rings. The van der Waals surface area contributed by atoms with Gasteiger partial charge >= 0.3 is 5.97 Å². The van der Waals surface area contributed by atoms with E-state index in [4.69, 9.17) is 5.11 Å². The highest BCUT2D eigenvalue weighted by atomic mass is 16.4. The van der Waals surface area contributed by atoms with Crippen LogP contribution in [0.5, 0.6) is 0 Å². The predicted octanol–water partition coefficient (Wildman–Crippen LogP) is 1.85. The quantitative estimate of drug-likeness (QED) is 0.884. The number of pyridine rings is 1. The zero-order chi connectivity index (χ0) is 14.4. The molecule has 0 aromatic carbocycles. The summed E-state index contributed by atoms with van der Waals surface area (Å²) in [5, 5.41) is 8.72. The second kappa shape index (κ2) is 6.53. The monoisotopic (exact) mass is 263 g/mol. The van der Waals surface area contributed by atoms with Crippen molar-refractivity contribution in [1.29, 1.82) is 0 Å². The first-order valence-corrected chi connectivity index (χ1v) is 6.11. The fraction of sp³-hybridized carbons (Fsp3) is 0.308. The summed E-state index contributed by atoms with van der Waals surface area (Å²) in [6, 6.07) is 2.81. The van der Waals surface area contributed by atoms with Crippen LogP contribution in [0.3, 0.4) is 0 Å². The molecule has 0 amide bonds. The van der Waals surface area contributed by atoms with Gasteiger partial charge < -0.3 is 14.7 Å². The van der Waals surface area contributed by atoms with Crippen molar-refractivity contribution in [1.82, 2.24) is 14.5 Å². The maximum Gasteiger partial charge on any atom is 0.352 e. The molecule has 2 heterocycles. The summed E-state index contributed by atoms with van der Waals surface area (Å²) in [7, 11) is 0. The molecule has 2 N–H and O–H groups in total. The summed E-state index contributed by atoms with van der Waals surface area (Å²) < 4.78 is 1.57. The van der Waals surface area contributed by atoms with E-state index in [1.807, 2.05) is 20.8 Å². The Kier molecular flexibility index (Phi) is 5.05. The maximum atomic E-state index is 11.7. The first-order valence-electron chi connectivity index (χ1n) is 6.11. The number of aromatic nitrogens is 3. The molecule has 19 heavy (non-hydrogen) atoms. The van der Waals surface area contributed by atoms with Crippen LogP contribution in [0.15, 0.2) is 29.5 Å². The van der Waals surface area contributed by atoms with Crippen LogP contribution in [0, 0.1) is 0 Å². The van der Waals surface area contributed by atoms with Gasteiger partial charge in [-0.1, -0.05) is 20.8 Å². The molecule has 102 valence electrons. The topological polar surface area (TPSA) is 88.0 Å². The van der Waals surface area contributed by atoms with E-state index in [9.17, 15) is 9.59 Å². The third-order valence-electron chi connectivity index (χ3n) is 2.40. The fourth-order valence-corrected chi connectivity index (χ4v) is 1.47. The summed E-state index contributed by atoms with van der Waals surface area (Å²) in [5.74, 6) is -1.16. The Morgan fingerprint density at radius 3 is 2.58 bits per heavy atom. The van der Waals surface area contributed by atoms with E-state index in [1.54, 1.807) is 10.8 Å². The SMILES string of the molecule is CC.CCc1cn(-c2ccc(C(=O)O)[nH]c2=O)cn1. The molecule has 0 saturated heterocycles. The van der Waals surface area contributed by atoms with Crippen LogP contribution < -0.4 is 5.56 Å². The second-order valence-electron chi connectivity index (χ2n) is 3.52. The maximum absolute atomic E-state index is 11.7. The molecule has 2 aromatic rings. The number of carboxylic acid groups (broad SMARTS) is 1. The summed E-state index contributed by atoms with van der Waals surface area (Å²) in [5.41, 5.74) is 0.633. The van der Waals surface area contributed by atoms with E-state index in [0.29, 0.717) is 5.69 Å². The lowest BCUT2D eigenvalue weighted by Crippen LogP contribution is -2.17. The van der Waals surface area contributed by atoms with Gasteiger partial charge in [-0.2, -0.15) is 0 Å². The number of hydrogen-bond acceptors (Lipinski definition) is 3. The predicted molar refractivity (Wildman–Crippen MR) is 71.9 cm³/mol. The highest BCUT2D eigenvalue weighted by molar-refractivity contribution is 5.85. The van der Waals surface area contributed by atoms with Crippen molar-refractivity contribution >= 4 is 5.97 Å². The normalized spacial score (nSPS) is 9.63. The van der Waals surface area contributed by atoms with Crippen LogP contribution in [0.1, 0.15) is 37.0 Å². The van der Waals surface area contributed by atoms with Crippen molar-refractivity contribution in [3.63, 3.8) is 0 Å². The van der Waals surface area contributed by atoms with Gasteiger partial charge in [0, 0.05) is 6.20 Å². The lowest BCUT2D eigenvalue weighted by atomic mass is 10.3. The molecule has 0 aliphatic rings. The van der Waals surface area contributed by atoms with Gasteiger partial charge in [0.15, 0.2) is 0 Å². The Bertz CT molecular complexity index is 614. The number of rotatable bonds is 3. The number of H-pyrrole nitrogens is 1. The van der Waals surface area contributed by atoms with Crippen LogP contribution in [0.4, 0.5) is 0 Å². The molecule has 6 nitrogen and oxygen atoms in total. The van der Waals surface area contributed by atoms with Gasteiger partial charge in [-0.25, -0.2) is 9.78 Å². The number of carboxylic acids is 1. The number of aromatic amines is 1. The van der Waals surface area contributed by atoms with E-state index in [-0.39, 0.29) is 5.69 Å². The minimum atomic E-state index is -1.16. The lowest BCUT2D eigenvalue weighted by molar-refractivity contribution is 0.0690. The largest absolute Gasteiger partial charge is 0.477 e. The first-order chi connectivity index (χ1) is 9.11. The van der Waals surface area contributed by atoms with Crippen LogP contribution >= 0.6 is 0 Å². The number of aryl methyl sites for hydroxylation is 1. The summed E-state index contributed by atoms with van der Waals surface area (Å²) >= 11 is 0. The lowest BCUT2D eigenvalue weighted by Gasteiger charge is -2.01. The molecule has 2 aromatic heterocycles. The Morgan fingerprint density at radius 2 is 2.11 bits per heavy atom. The highest BCUT2D eigenvalue weighted by Gasteiger charge is 2.08. The van der Waals surface area contributed by atoms with Gasteiger partial charge in [0.1, 0.15) is 11.4 Å². The van der Waals surface area contributed by atoms with E-state index in [0.717, 1.165) is 12.1 Å². The van der Waals surface area contributed by atoms with Crippen LogP contribution in [0.2, 0.25) is 0 Å². The molecule has 0 aliphatic heterocycles. The molecule has 2 rings (SSSR count). The third kappa shape index (κ3) is 3.31. The van der Waals surface area contributed by atoms with Crippen LogP contribution in [-0.4, -0.2) is 25.6 Å². The Hall–Kier alpha value is -2.37. The van der Waals surface area contributed by atoms with Gasteiger partial charge in [-0.05, 0) is 18.6 Å². The van der Waals surface area contributed by atoms with E-state index in [1.165, 1.54) is 18.5 Å². The molecule has 0 saturated carbocycles. The molecule has 6 heteroatoms. The van der Waals surface area contributed by atoms with Crippen molar-refractivity contribution in [3.8, 4) is 5.69 Å². The Morgan fingerprint density at radius 1 is 1.42 bits per heavy atom. The summed E-state index contributed by atoms with van der Waals surface area (Å²) in [4.78, 5) is 28.7. The molecule has 0 aliphatic carbocycles.